The molecule has 0 spiro atoms. The molecule has 4 aromatic rings. The number of carboxylic acid groups (broad SMARTS) is 1. The van der Waals surface area contributed by atoms with Crippen LogP contribution in [-0.2, 0) is 9.59 Å². The molecule has 0 aliphatic carbocycles. The number of halogens is 3. The van der Waals surface area contributed by atoms with E-state index in [2.05, 4.69) is 4.98 Å². The highest BCUT2D eigenvalue weighted by Crippen LogP contribution is 2.41. The van der Waals surface area contributed by atoms with Crippen molar-refractivity contribution in [1.29, 1.82) is 0 Å². The van der Waals surface area contributed by atoms with Gasteiger partial charge in [-0.25, -0.2) is 13.8 Å². The average Bonchev–Trinajstić information content (AvgIpc) is 3.64. The van der Waals surface area contributed by atoms with Crippen molar-refractivity contribution in [2.24, 2.45) is 0 Å². The minimum absolute atomic E-state index is 0.0184. The molecule has 0 aliphatic heterocycles. The number of hydrogen-bond acceptors (Lipinski definition) is 11. The number of thiophene rings is 1. The Bertz CT molecular complexity index is 1780. The van der Waals surface area contributed by atoms with Gasteiger partial charge in [0.15, 0.2) is 49.2 Å². The van der Waals surface area contributed by atoms with Gasteiger partial charge in [-0.15, -0.1) is 22.7 Å². The van der Waals surface area contributed by atoms with Crippen LogP contribution in [-0.4, -0.2) is 77.5 Å². The number of amides is 1. The van der Waals surface area contributed by atoms with Crippen LogP contribution in [0.2, 0.25) is 0 Å². The highest BCUT2D eigenvalue weighted by Gasteiger charge is 2.24. The van der Waals surface area contributed by atoms with Gasteiger partial charge >= 0.3 is 5.97 Å². The van der Waals surface area contributed by atoms with E-state index in [0.29, 0.717) is 14.3 Å². The van der Waals surface area contributed by atoms with E-state index >= 15 is 8.78 Å². The molecule has 11 nitrogen and oxygen atoms in total. The lowest BCUT2D eigenvalue weighted by Crippen LogP contribution is -2.28. The Hall–Kier alpha value is -3.64. The Morgan fingerprint density at radius 1 is 0.911 bits per heavy atom. The lowest BCUT2D eigenvalue weighted by atomic mass is 10.1. The second kappa shape index (κ2) is 15.1. The molecule has 2 aromatic carbocycles. The van der Waals surface area contributed by atoms with E-state index in [0.717, 1.165) is 22.7 Å². The first-order valence-corrected chi connectivity index (χ1v) is 16.1. The summed E-state index contributed by atoms with van der Waals surface area (Å²) in [5.74, 6) is -3.57. The normalized spacial score (nSPS) is 11.1. The van der Waals surface area contributed by atoms with Crippen molar-refractivity contribution < 1.29 is 52.0 Å². The molecule has 1 amide bonds. The predicted molar refractivity (Wildman–Crippen MR) is 172 cm³/mol. The SMILES string of the molecule is COc1cc2sc(C(=O)CCC(=O)I)cc2c(F)c1OCCCOc1c(OC)cc2sc(C(=O)N(C)CCC(=O)O)nc2c1F. The second-order valence-corrected chi connectivity index (χ2v) is 12.8. The van der Waals surface area contributed by atoms with Gasteiger partial charge in [-0.2, -0.15) is 0 Å². The summed E-state index contributed by atoms with van der Waals surface area (Å²) < 4.78 is 53.5. The number of aliphatic carboxylic acids is 1. The monoisotopic (exact) mass is 776 g/mol. The fourth-order valence-corrected chi connectivity index (χ4v) is 6.47. The third-order valence-corrected chi connectivity index (χ3v) is 9.12. The zero-order valence-corrected chi connectivity index (χ0v) is 28.0. The molecule has 2 aromatic heterocycles. The first-order chi connectivity index (χ1) is 21.4. The predicted octanol–water partition coefficient (Wildman–Crippen LogP) is 6.13. The molecule has 0 saturated heterocycles. The second-order valence-electron chi connectivity index (χ2n) is 9.53. The minimum atomic E-state index is -1.06. The minimum Gasteiger partial charge on any atom is -0.493 e. The van der Waals surface area contributed by atoms with Crippen LogP contribution >= 0.6 is 45.3 Å². The summed E-state index contributed by atoms with van der Waals surface area (Å²) in [5, 5.41) is 9.03. The number of ether oxygens (including phenoxy) is 4. The van der Waals surface area contributed by atoms with Gasteiger partial charge in [-0.05, 0) is 28.7 Å². The molecule has 0 saturated carbocycles. The Morgan fingerprint density at radius 2 is 1.53 bits per heavy atom. The average molecular weight is 777 g/mol. The van der Waals surface area contributed by atoms with E-state index in [1.54, 1.807) is 28.7 Å². The summed E-state index contributed by atoms with van der Waals surface area (Å²) >= 11 is 3.66. The quantitative estimate of drug-likeness (QED) is 0.0612. The summed E-state index contributed by atoms with van der Waals surface area (Å²) in [5.41, 5.74) is -0.100. The molecule has 16 heteroatoms. The molecule has 0 fully saturated rings. The number of hydrogen-bond donors (Lipinski definition) is 1. The smallest absolute Gasteiger partial charge is 0.305 e. The Labute approximate surface area is 277 Å². The molecule has 0 radical (unpaired) electrons. The molecular weight excluding hydrogens is 749 g/mol. The standard InChI is InChI=1S/C29H27F2IN2O9S2/c1-34(8-7-22(37)38)29(39)28-33-25-20(45-28)13-17(41-3)27(24(25)31)43-10-4-9-42-26-16(40-2)12-18-14(23(26)30)11-19(44-18)15(35)5-6-21(32)36/h11-13H,4-10H2,1-3H3,(H,37,38). The lowest BCUT2D eigenvalue weighted by Gasteiger charge is -2.14. The lowest BCUT2D eigenvalue weighted by molar-refractivity contribution is -0.137. The fourth-order valence-electron chi connectivity index (χ4n) is 4.16. The van der Waals surface area contributed by atoms with Crippen LogP contribution in [0.25, 0.3) is 20.3 Å². The Kier molecular flexibility index (Phi) is 11.5. The Morgan fingerprint density at radius 3 is 2.13 bits per heavy atom. The fraction of sp³-hybridized carbons (Fsp3) is 0.345. The number of methoxy groups -OCH3 is 2. The number of Topliss-reactive ketones (excluding diaryl/α,β-unsaturated/α-hetero) is 1. The van der Waals surface area contributed by atoms with Crippen molar-refractivity contribution in [2.45, 2.75) is 25.7 Å². The van der Waals surface area contributed by atoms with Gasteiger partial charge in [0.25, 0.3) is 5.91 Å². The molecule has 4 rings (SSSR count). The van der Waals surface area contributed by atoms with Crippen LogP contribution in [0.1, 0.15) is 45.2 Å². The van der Waals surface area contributed by atoms with Crippen molar-refractivity contribution in [2.75, 3.05) is 41.0 Å². The van der Waals surface area contributed by atoms with Crippen LogP contribution in [0.15, 0.2) is 18.2 Å². The van der Waals surface area contributed by atoms with E-state index in [1.165, 1.54) is 38.3 Å². The molecule has 0 bridgehead atoms. The van der Waals surface area contributed by atoms with Crippen molar-refractivity contribution in [3.05, 3.63) is 39.7 Å². The van der Waals surface area contributed by atoms with Gasteiger partial charge < -0.3 is 29.0 Å². The maximum atomic E-state index is 15.5. The van der Waals surface area contributed by atoms with Gasteiger partial charge in [0.2, 0.25) is 0 Å². The van der Waals surface area contributed by atoms with E-state index in [9.17, 15) is 19.2 Å². The van der Waals surface area contributed by atoms with Crippen molar-refractivity contribution in [1.82, 2.24) is 9.88 Å². The summed E-state index contributed by atoms with van der Waals surface area (Å²) in [6.45, 7) is -0.117. The van der Waals surface area contributed by atoms with Crippen LogP contribution in [0, 0.1) is 11.6 Å². The van der Waals surface area contributed by atoms with Crippen LogP contribution in [0.5, 0.6) is 23.0 Å². The molecule has 1 N–H and O–H groups in total. The van der Waals surface area contributed by atoms with E-state index in [4.69, 9.17) is 24.1 Å². The van der Waals surface area contributed by atoms with Gasteiger partial charge in [0.05, 0.1) is 43.4 Å². The largest absolute Gasteiger partial charge is 0.493 e. The molecular formula is C29H27F2IN2O9S2. The number of ketones is 1. The first-order valence-electron chi connectivity index (χ1n) is 13.4. The van der Waals surface area contributed by atoms with Gasteiger partial charge in [0.1, 0.15) is 5.52 Å². The zero-order chi connectivity index (χ0) is 32.8. The van der Waals surface area contributed by atoms with E-state index < -0.39 is 23.5 Å². The molecule has 45 heavy (non-hydrogen) atoms. The number of thiazole rings is 1. The molecule has 0 atom stereocenters. The first kappa shape index (κ1) is 34.2. The Balaban J connectivity index is 1.43. The molecule has 0 unspecified atom stereocenters. The maximum absolute atomic E-state index is 15.5. The summed E-state index contributed by atoms with van der Waals surface area (Å²) in [6, 6.07) is 4.49. The van der Waals surface area contributed by atoms with Crippen molar-refractivity contribution in [3.63, 3.8) is 0 Å². The number of carbonyl (C=O) groups excluding carboxylic acids is 3. The highest BCUT2D eigenvalue weighted by molar-refractivity contribution is 14.1. The molecule has 0 aliphatic rings. The third kappa shape index (κ3) is 7.96. The number of aromatic nitrogens is 1. The van der Waals surface area contributed by atoms with Crippen LogP contribution in [0.3, 0.4) is 0 Å². The van der Waals surface area contributed by atoms with Crippen molar-refractivity contribution >= 4 is 87.0 Å². The van der Waals surface area contributed by atoms with E-state index in [-0.39, 0.29) is 93.9 Å². The van der Waals surface area contributed by atoms with Crippen LogP contribution in [0.4, 0.5) is 8.78 Å². The van der Waals surface area contributed by atoms with E-state index in [1.807, 2.05) is 0 Å². The number of benzene rings is 2. The molecule has 240 valence electrons. The van der Waals surface area contributed by atoms with Gasteiger partial charge in [0, 0.05) is 55.1 Å². The summed E-state index contributed by atoms with van der Waals surface area (Å²) in [7, 11) is 4.13. The topological polar surface area (TPSA) is 142 Å². The molecule has 2 heterocycles. The van der Waals surface area contributed by atoms with Crippen LogP contribution < -0.4 is 18.9 Å². The number of nitrogens with zero attached hydrogens (tertiary/aromatic N) is 2. The maximum Gasteiger partial charge on any atom is 0.305 e. The van der Waals surface area contributed by atoms with Gasteiger partial charge in [-0.3, -0.25) is 19.2 Å². The zero-order valence-electron chi connectivity index (χ0n) is 24.2. The number of carboxylic acids is 1. The summed E-state index contributed by atoms with van der Waals surface area (Å²) in [6.07, 6.45) is 0.0819. The van der Waals surface area contributed by atoms with Crippen molar-refractivity contribution in [3.8, 4) is 23.0 Å². The van der Waals surface area contributed by atoms with Gasteiger partial charge in [-0.1, -0.05) is 0 Å². The highest BCUT2D eigenvalue weighted by atomic mass is 127. The number of fused-ring (bicyclic) bond motifs is 2. The summed E-state index contributed by atoms with van der Waals surface area (Å²) in [4.78, 5) is 52.8. The number of carbonyl (C=O) groups is 4. The number of rotatable bonds is 16. The third-order valence-electron chi connectivity index (χ3n) is 6.46.